The summed E-state index contributed by atoms with van der Waals surface area (Å²) in [4.78, 5) is 18.9. The second-order valence-electron chi connectivity index (χ2n) is 6.26. The first-order valence-electron chi connectivity index (χ1n) is 8.75. The third-order valence-corrected chi connectivity index (χ3v) is 4.27. The molecule has 0 aliphatic rings. The molecule has 4 heteroatoms. The molecule has 0 aliphatic carbocycles. The van der Waals surface area contributed by atoms with Crippen LogP contribution in [0, 0.1) is 13.8 Å². The van der Waals surface area contributed by atoms with E-state index in [1.54, 1.807) is 17.2 Å². The van der Waals surface area contributed by atoms with Gasteiger partial charge >= 0.3 is 0 Å². The second-order valence-corrected chi connectivity index (χ2v) is 6.26. The van der Waals surface area contributed by atoms with Crippen molar-refractivity contribution in [3.63, 3.8) is 0 Å². The molecule has 3 aromatic rings. The van der Waals surface area contributed by atoms with E-state index in [-0.39, 0.29) is 5.91 Å². The predicted molar refractivity (Wildman–Crippen MR) is 107 cm³/mol. The quantitative estimate of drug-likeness (QED) is 0.699. The Balaban J connectivity index is 1.85. The second kappa shape index (κ2) is 7.83. The molecule has 26 heavy (non-hydrogen) atoms. The van der Waals surface area contributed by atoms with Gasteiger partial charge in [-0.15, -0.1) is 0 Å². The molecule has 0 saturated heterocycles. The van der Waals surface area contributed by atoms with Crippen LogP contribution in [0.2, 0.25) is 0 Å². The van der Waals surface area contributed by atoms with Gasteiger partial charge in [-0.25, -0.2) is 0 Å². The predicted octanol–water partition coefficient (Wildman–Crippen LogP) is 5.11. The van der Waals surface area contributed by atoms with Crippen molar-refractivity contribution in [2.24, 2.45) is 0 Å². The maximum Gasteiger partial charge on any atom is 0.276 e. The summed E-state index contributed by atoms with van der Waals surface area (Å²) in [5.41, 5.74) is 5.55. The number of pyridine rings is 1. The number of rotatable bonds is 5. The number of hydrogen-bond acceptors (Lipinski definition) is 3. The number of carbonyl (C=O) groups excluding carboxylic acids is 1. The molecule has 1 N–H and O–H groups in total. The van der Waals surface area contributed by atoms with Gasteiger partial charge in [0.15, 0.2) is 0 Å². The number of hydrogen-bond donors (Lipinski definition) is 1. The van der Waals surface area contributed by atoms with E-state index in [4.69, 9.17) is 0 Å². The Labute approximate surface area is 154 Å². The summed E-state index contributed by atoms with van der Waals surface area (Å²) < 4.78 is 0. The molecule has 0 atom stereocenters. The zero-order valence-corrected chi connectivity index (χ0v) is 15.4. The van der Waals surface area contributed by atoms with E-state index in [2.05, 4.69) is 42.3 Å². The zero-order chi connectivity index (χ0) is 18.5. The number of anilines is 3. The first-order chi connectivity index (χ1) is 12.6. The van der Waals surface area contributed by atoms with Gasteiger partial charge in [-0.1, -0.05) is 35.9 Å². The van der Waals surface area contributed by atoms with Crippen LogP contribution in [-0.2, 0) is 0 Å². The Kier molecular flexibility index (Phi) is 5.32. The van der Waals surface area contributed by atoms with Gasteiger partial charge in [0.05, 0.1) is 0 Å². The summed E-state index contributed by atoms with van der Waals surface area (Å²) in [5.74, 6) is -0.108. The molecule has 2 aromatic carbocycles. The van der Waals surface area contributed by atoms with Crippen molar-refractivity contribution in [3.8, 4) is 0 Å². The van der Waals surface area contributed by atoms with E-state index in [9.17, 15) is 4.79 Å². The molecule has 0 unspecified atom stereocenters. The fourth-order valence-corrected chi connectivity index (χ4v) is 2.92. The number of carbonyl (C=O) groups is 1. The van der Waals surface area contributed by atoms with Crippen LogP contribution in [0.25, 0.3) is 0 Å². The lowest BCUT2D eigenvalue weighted by Crippen LogP contribution is -2.31. The third-order valence-electron chi connectivity index (χ3n) is 4.27. The van der Waals surface area contributed by atoms with E-state index in [0.717, 1.165) is 22.6 Å². The number of benzene rings is 2. The molecular weight excluding hydrogens is 322 g/mol. The lowest BCUT2D eigenvalue weighted by atomic mass is 10.1. The summed E-state index contributed by atoms with van der Waals surface area (Å²) in [7, 11) is 0. The zero-order valence-electron chi connectivity index (χ0n) is 15.4. The largest absolute Gasteiger partial charge is 0.355 e. The fourth-order valence-electron chi connectivity index (χ4n) is 2.92. The molecule has 0 spiro atoms. The van der Waals surface area contributed by atoms with Crippen molar-refractivity contribution in [1.82, 2.24) is 4.98 Å². The molecule has 1 aromatic heterocycles. The molecule has 132 valence electrons. The minimum absolute atomic E-state index is 0.108. The summed E-state index contributed by atoms with van der Waals surface area (Å²) in [6.07, 6.45) is 1.66. The number of nitrogens with one attached hydrogen (secondary N) is 1. The molecule has 1 heterocycles. The first kappa shape index (κ1) is 17.7. The van der Waals surface area contributed by atoms with Crippen molar-refractivity contribution in [1.29, 1.82) is 0 Å². The minimum Gasteiger partial charge on any atom is -0.355 e. The number of para-hydroxylation sites is 1. The highest BCUT2D eigenvalue weighted by Crippen LogP contribution is 2.23. The van der Waals surface area contributed by atoms with E-state index in [1.807, 2.05) is 43.3 Å². The van der Waals surface area contributed by atoms with Crippen molar-refractivity contribution in [2.75, 3.05) is 16.8 Å². The lowest BCUT2D eigenvalue weighted by Gasteiger charge is -2.21. The summed E-state index contributed by atoms with van der Waals surface area (Å²) >= 11 is 0. The molecule has 0 radical (unpaired) electrons. The smallest absolute Gasteiger partial charge is 0.276 e. The van der Waals surface area contributed by atoms with Gasteiger partial charge in [-0.05, 0) is 56.7 Å². The van der Waals surface area contributed by atoms with Gasteiger partial charge < -0.3 is 10.2 Å². The van der Waals surface area contributed by atoms with E-state index < -0.39 is 0 Å². The molecular formula is C22H23N3O. The van der Waals surface area contributed by atoms with Crippen LogP contribution in [0.5, 0.6) is 0 Å². The van der Waals surface area contributed by atoms with Gasteiger partial charge in [0.2, 0.25) is 0 Å². The number of amides is 1. The summed E-state index contributed by atoms with van der Waals surface area (Å²) in [5, 5.41) is 3.38. The first-order valence-corrected chi connectivity index (χ1v) is 8.75. The van der Waals surface area contributed by atoms with Gasteiger partial charge in [-0.2, -0.15) is 0 Å². The molecule has 1 amide bonds. The summed E-state index contributed by atoms with van der Waals surface area (Å²) in [6.45, 7) is 6.68. The van der Waals surface area contributed by atoms with Gasteiger partial charge in [0.1, 0.15) is 5.69 Å². The maximum atomic E-state index is 12.9. The Hall–Kier alpha value is -3.14. The Morgan fingerprint density at radius 3 is 2.50 bits per heavy atom. The third kappa shape index (κ3) is 3.91. The van der Waals surface area contributed by atoms with Crippen LogP contribution < -0.4 is 10.2 Å². The van der Waals surface area contributed by atoms with Gasteiger partial charge in [-0.3, -0.25) is 9.78 Å². The Morgan fingerprint density at radius 1 is 1.04 bits per heavy atom. The Morgan fingerprint density at radius 2 is 1.81 bits per heavy atom. The topological polar surface area (TPSA) is 45.2 Å². The molecule has 0 fully saturated rings. The van der Waals surface area contributed by atoms with Crippen LogP contribution in [0.15, 0.2) is 66.9 Å². The highest BCUT2D eigenvalue weighted by atomic mass is 16.2. The Bertz CT molecular complexity index is 906. The highest BCUT2D eigenvalue weighted by molar-refractivity contribution is 6.05. The van der Waals surface area contributed by atoms with Crippen molar-refractivity contribution < 1.29 is 4.79 Å². The van der Waals surface area contributed by atoms with Crippen LogP contribution in [0.4, 0.5) is 17.1 Å². The highest BCUT2D eigenvalue weighted by Gasteiger charge is 2.17. The lowest BCUT2D eigenvalue weighted by molar-refractivity contribution is 0.0983. The van der Waals surface area contributed by atoms with Crippen molar-refractivity contribution >= 4 is 23.0 Å². The SMILES string of the molecule is CCN(C(=O)c1cc(Nc2ccc(C)cc2C)ccn1)c1ccccc1. The molecule has 0 bridgehead atoms. The molecule has 4 nitrogen and oxygen atoms in total. The minimum atomic E-state index is -0.108. The number of aromatic nitrogens is 1. The maximum absolute atomic E-state index is 12.9. The van der Waals surface area contributed by atoms with Crippen LogP contribution in [-0.4, -0.2) is 17.4 Å². The van der Waals surface area contributed by atoms with E-state index in [1.165, 1.54) is 5.56 Å². The van der Waals surface area contributed by atoms with Crippen LogP contribution in [0.3, 0.4) is 0 Å². The van der Waals surface area contributed by atoms with Crippen molar-refractivity contribution in [3.05, 3.63) is 83.7 Å². The number of nitrogens with zero attached hydrogens (tertiary/aromatic N) is 2. The van der Waals surface area contributed by atoms with Crippen LogP contribution in [0.1, 0.15) is 28.5 Å². The molecule has 3 rings (SSSR count). The van der Waals surface area contributed by atoms with Crippen molar-refractivity contribution in [2.45, 2.75) is 20.8 Å². The monoisotopic (exact) mass is 345 g/mol. The number of aryl methyl sites for hydroxylation is 2. The molecule has 0 saturated carbocycles. The standard InChI is InChI=1S/C22H23N3O/c1-4-25(19-8-6-5-7-9-19)22(26)21-15-18(12-13-23-21)24-20-11-10-16(2)14-17(20)3/h5-15H,4H2,1-3H3,(H,23,24). The van der Waals surface area contributed by atoms with Crippen LogP contribution >= 0.6 is 0 Å². The average Bonchev–Trinajstić information content (AvgIpc) is 2.66. The van der Waals surface area contributed by atoms with E-state index in [0.29, 0.717) is 12.2 Å². The van der Waals surface area contributed by atoms with Gasteiger partial charge in [0.25, 0.3) is 5.91 Å². The van der Waals surface area contributed by atoms with Gasteiger partial charge in [0, 0.05) is 29.8 Å². The molecule has 0 aliphatic heterocycles. The van der Waals surface area contributed by atoms with E-state index >= 15 is 0 Å². The summed E-state index contributed by atoms with van der Waals surface area (Å²) in [6, 6.07) is 19.6. The normalized spacial score (nSPS) is 10.4. The average molecular weight is 345 g/mol. The fraction of sp³-hybridized carbons (Fsp3) is 0.182.